The molecule has 1 unspecified atom stereocenters. The molecule has 13 heteroatoms. The number of nitrogens with one attached hydrogen (secondary N) is 2. The van der Waals surface area contributed by atoms with Crippen LogP contribution in [-0.2, 0) is 31.8 Å². The lowest BCUT2D eigenvalue weighted by molar-refractivity contribution is -0.118. The van der Waals surface area contributed by atoms with Crippen molar-refractivity contribution in [1.82, 2.24) is 24.6 Å². The van der Waals surface area contributed by atoms with Gasteiger partial charge in [0.05, 0.1) is 25.6 Å². The molecular formula is C19H24ClN6O5P. The highest BCUT2D eigenvalue weighted by Crippen LogP contribution is 2.44. The number of carbonyl (C=O) groups is 1. The van der Waals surface area contributed by atoms with E-state index in [1.54, 1.807) is 35.8 Å². The number of nitrogen functional groups attached to an aromatic ring is 1. The fourth-order valence-electron chi connectivity index (χ4n) is 2.79. The predicted molar refractivity (Wildman–Crippen MR) is 121 cm³/mol. The maximum Gasteiger partial charge on any atom is 0.295 e. The van der Waals surface area contributed by atoms with Gasteiger partial charge < -0.3 is 19.6 Å². The Kier molecular flexibility index (Phi) is 7.81. The molecule has 0 aliphatic heterocycles. The first kappa shape index (κ1) is 24.1. The van der Waals surface area contributed by atoms with Crippen LogP contribution < -0.4 is 16.4 Å². The summed E-state index contributed by atoms with van der Waals surface area (Å²) in [5.41, 5.74) is 6.36. The van der Waals surface area contributed by atoms with Gasteiger partial charge >= 0.3 is 0 Å². The number of benzene rings is 1. The number of aromatic nitrogens is 4. The van der Waals surface area contributed by atoms with E-state index in [1.165, 1.54) is 13.3 Å². The average molecular weight is 483 g/mol. The minimum Gasteiger partial charge on any atom is -0.369 e. The molecule has 0 aliphatic rings. The Bertz CT molecular complexity index is 1210. The van der Waals surface area contributed by atoms with Gasteiger partial charge in [0.2, 0.25) is 5.95 Å². The lowest BCUT2D eigenvalue weighted by Crippen LogP contribution is -2.32. The molecule has 0 saturated carbocycles. The Morgan fingerprint density at radius 1 is 1.44 bits per heavy atom. The monoisotopic (exact) mass is 482 g/mol. The van der Waals surface area contributed by atoms with Gasteiger partial charge in [-0.2, -0.15) is 4.98 Å². The zero-order chi connectivity index (χ0) is 23.3. The van der Waals surface area contributed by atoms with Crippen LogP contribution in [0.2, 0.25) is 5.02 Å². The Morgan fingerprint density at radius 3 is 2.94 bits per heavy atom. The Hall–Kier alpha value is -2.56. The van der Waals surface area contributed by atoms with Crippen molar-refractivity contribution < 1.29 is 18.6 Å². The number of nitrogens with two attached hydrogens (primary N) is 1. The number of hydrogen-bond acceptors (Lipinski definition) is 8. The van der Waals surface area contributed by atoms with Gasteiger partial charge in [0, 0.05) is 11.6 Å². The molecule has 11 nitrogen and oxygen atoms in total. The minimum absolute atomic E-state index is 0.0218. The summed E-state index contributed by atoms with van der Waals surface area (Å²) >= 11 is 5.98. The van der Waals surface area contributed by atoms with Crippen LogP contribution in [0, 0.1) is 0 Å². The number of aromatic amines is 1. The van der Waals surface area contributed by atoms with Gasteiger partial charge in [-0.05, 0) is 31.5 Å². The highest BCUT2D eigenvalue weighted by atomic mass is 35.5. The minimum atomic E-state index is -3.53. The summed E-state index contributed by atoms with van der Waals surface area (Å²) in [5, 5.41) is 3.28. The van der Waals surface area contributed by atoms with Crippen LogP contribution in [0.25, 0.3) is 11.2 Å². The van der Waals surface area contributed by atoms with Crippen LogP contribution >= 0.6 is 19.1 Å². The van der Waals surface area contributed by atoms with Gasteiger partial charge in [0.1, 0.15) is 12.1 Å². The van der Waals surface area contributed by atoms with Gasteiger partial charge in [-0.1, -0.05) is 23.7 Å². The third-order valence-electron chi connectivity index (χ3n) is 4.56. The number of imidazole rings is 1. The van der Waals surface area contributed by atoms with Gasteiger partial charge in [-0.25, -0.2) is 10.1 Å². The van der Waals surface area contributed by atoms with Crippen molar-refractivity contribution in [3.63, 3.8) is 0 Å². The van der Waals surface area contributed by atoms with E-state index < -0.39 is 19.1 Å². The molecule has 0 saturated heterocycles. The zero-order valence-electron chi connectivity index (χ0n) is 17.6. The molecule has 0 spiro atoms. The largest absolute Gasteiger partial charge is 0.369 e. The van der Waals surface area contributed by atoms with Crippen LogP contribution in [-0.4, -0.2) is 44.3 Å². The summed E-state index contributed by atoms with van der Waals surface area (Å²) in [6, 6.07) is 6.29. The third-order valence-corrected chi connectivity index (χ3v) is 6.64. The summed E-state index contributed by atoms with van der Waals surface area (Å²) < 4.78 is 26.2. The number of H-pyrrole nitrogens is 1. The molecule has 2 aromatic heterocycles. The molecule has 32 heavy (non-hydrogen) atoms. The predicted octanol–water partition coefficient (Wildman–Crippen LogP) is 2.31. The van der Waals surface area contributed by atoms with Crippen LogP contribution in [0.1, 0.15) is 19.4 Å². The first-order chi connectivity index (χ1) is 15.2. The van der Waals surface area contributed by atoms with Crippen LogP contribution in [0.3, 0.4) is 0 Å². The first-order valence-electron chi connectivity index (χ1n) is 9.71. The van der Waals surface area contributed by atoms with Crippen molar-refractivity contribution in [3.05, 3.63) is 51.5 Å². The van der Waals surface area contributed by atoms with E-state index >= 15 is 0 Å². The highest BCUT2D eigenvalue weighted by molar-refractivity contribution is 7.56. The topological polar surface area (TPSA) is 154 Å². The summed E-state index contributed by atoms with van der Waals surface area (Å²) in [7, 11) is -3.53. The SMILES string of the molecule is CC(=O)[C@@H](C)NP(=O)(COCCn1cnc2c(=O)[nH]c(N)nc21)OCc1cccc(Cl)c1. The summed E-state index contributed by atoms with van der Waals surface area (Å²) in [6.45, 7) is 3.42. The molecule has 172 valence electrons. The Balaban J connectivity index is 1.63. The smallest absolute Gasteiger partial charge is 0.295 e. The normalized spacial score (nSPS) is 14.3. The number of halogens is 1. The van der Waals surface area contributed by atoms with Gasteiger partial charge in [0.25, 0.3) is 13.1 Å². The van der Waals surface area contributed by atoms with E-state index in [0.717, 1.165) is 5.56 Å². The lowest BCUT2D eigenvalue weighted by Gasteiger charge is -2.22. The fourth-order valence-corrected chi connectivity index (χ4v) is 4.72. The molecule has 0 bridgehead atoms. The number of Topliss-reactive ketones (excluding diaryl/α,β-unsaturated/α-hetero) is 1. The summed E-state index contributed by atoms with van der Waals surface area (Å²) in [5.74, 6) is -0.207. The van der Waals surface area contributed by atoms with Crippen molar-refractivity contribution in [3.8, 4) is 0 Å². The average Bonchev–Trinajstić information content (AvgIpc) is 3.13. The molecule has 3 aromatic rings. The number of ether oxygens (including phenoxy) is 1. The zero-order valence-corrected chi connectivity index (χ0v) is 19.2. The highest BCUT2D eigenvalue weighted by Gasteiger charge is 2.27. The van der Waals surface area contributed by atoms with Crippen LogP contribution in [0.15, 0.2) is 35.4 Å². The van der Waals surface area contributed by atoms with Crippen molar-refractivity contribution in [1.29, 1.82) is 0 Å². The number of fused-ring (bicyclic) bond motifs is 1. The van der Waals surface area contributed by atoms with Crippen molar-refractivity contribution in [2.75, 3.05) is 18.7 Å². The van der Waals surface area contributed by atoms with Crippen molar-refractivity contribution in [2.24, 2.45) is 0 Å². The van der Waals surface area contributed by atoms with E-state index in [0.29, 0.717) is 10.7 Å². The second kappa shape index (κ2) is 10.4. The molecule has 0 fully saturated rings. The second-order valence-corrected chi connectivity index (χ2v) is 9.69. The lowest BCUT2D eigenvalue weighted by atomic mass is 10.2. The number of anilines is 1. The van der Waals surface area contributed by atoms with E-state index in [4.69, 9.17) is 26.6 Å². The van der Waals surface area contributed by atoms with Gasteiger partial charge in [0.15, 0.2) is 11.2 Å². The Morgan fingerprint density at radius 2 is 2.22 bits per heavy atom. The molecular weight excluding hydrogens is 459 g/mol. The number of nitrogens with zero attached hydrogens (tertiary/aromatic N) is 3. The molecule has 2 heterocycles. The molecule has 1 aromatic carbocycles. The van der Waals surface area contributed by atoms with Gasteiger partial charge in [-0.3, -0.25) is 19.1 Å². The first-order valence-corrected chi connectivity index (χ1v) is 11.9. The number of carbonyl (C=O) groups excluding carboxylic acids is 1. The second-order valence-electron chi connectivity index (χ2n) is 7.14. The summed E-state index contributed by atoms with van der Waals surface area (Å²) in [6.07, 6.45) is 1.18. The number of hydrogen-bond donors (Lipinski definition) is 3. The Labute approximate surface area is 188 Å². The summed E-state index contributed by atoms with van der Waals surface area (Å²) in [4.78, 5) is 34.0. The molecule has 2 atom stereocenters. The molecule has 0 radical (unpaired) electrons. The van der Waals surface area contributed by atoms with Crippen LogP contribution in [0.4, 0.5) is 5.95 Å². The fraction of sp³-hybridized carbons (Fsp3) is 0.368. The molecule has 3 rings (SSSR count). The van der Waals surface area contributed by atoms with Crippen molar-refractivity contribution in [2.45, 2.75) is 33.0 Å². The standard InChI is InChI=1S/C19H24ClN6O5P/c1-12(13(2)27)25-32(29,31-9-14-4-3-5-15(20)8-14)11-30-7-6-26-10-22-16-17(26)23-19(21)24-18(16)28/h3-5,8,10,12H,6-7,9,11H2,1-2H3,(H,25,29)(H3,21,23,24,28)/t12-,32?/m1/s1. The van der Waals surface area contributed by atoms with E-state index in [1.807, 2.05) is 0 Å². The van der Waals surface area contributed by atoms with E-state index in [2.05, 4.69) is 20.0 Å². The van der Waals surface area contributed by atoms with E-state index in [-0.39, 0.29) is 43.4 Å². The molecule has 0 aliphatic carbocycles. The maximum absolute atomic E-state index is 13.3. The third kappa shape index (κ3) is 6.24. The van der Waals surface area contributed by atoms with E-state index in [9.17, 15) is 14.2 Å². The van der Waals surface area contributed by atoms with Crippen LogP contribution in [0.5, 0.6) is 0 Å². The number of ketones is 1. The number of rotatable bonds is 11. The maximum atomic E-state index is 13.3. The molecule has 0 amide bonds. The van der Waals surface area contributed by atoms with Gasteiger partial charge in [-0.15, -0.1) is 0 Å². The van der Waals surface area contributed by atoms with Crippen molar-refractivity contribution >= 4 is 42.0 Å². The molecule has 4 N–H and O–H groups in total. The quantitative estimate of drug-likeness (QED) is 0.276.